The van der Waals surface area contributed by atoms with E-state index in [0.29, 0.717) is 21.8 Å². The number of aromatic nitrogens is 1. The van der Waals surface area contributed by atoms with E-state index < -0.39 is 0 Å². The first-order valence-corrected chi connectivity index (χ1v) is 9.01. The Morgan fingerprint density at radius 2 is 1.77 bits per heavy atom. The maximum absolute atomic E-state index is 10.2. The van der Waals surface area contributed by atoms with Crippen LogP contribution in [0.5, 0.6) is 11.5 Å². The molecule has 0 fully saturated rings. The fourth-order valence-electron chi connectivity index (χ4n) is 2.54. The van der Waals surface area contributed by atoms with Gasteiger partial charge in [0.15, 0.2) is 0 Å². The number of nitrogens with zero attached hydrogens (tertiary/aromatic N) is 2. The Kier molecular flexibility index (Phi) is 4.32. The van der Waals surface area contributed by atoms with Crippen molar-refractivity contribution in [3.63, 3.8) is 0 Å². The van der Waals surface area contributed by atoms with E-state index in [2.05, 4.69) is 9.98 Å². The number of aromatic hydroxyl groups is 2. The zero-order valence-corrected chi connectivity index (χ0v) is 15.0. The molecule has 2 N–H and O–H groups in total. The average molecular weight is 381 g/mol. The third-order valence-electron chi connectivity index (χ3n) is 3.85. The molecule has 4 rings (SSSR count). The van der Waals surface area contributed by atoms with E-state index in [1.165, 1.54) is 23.6 Å². The first kappa shape index (κ1) is 16.6. The van der Waals surface area contributed by atoms with Crippen LogP contribution in [0, 0.1) is 0 Å². The monoisotopic (exact) mass is 380 g/mol. The van der Waals surface area contributed by atoms with E-state index in [1.54, 1.807) is 30.3 Å². The summed E-state index contributed by atoms with van der Waals surface area (Å²) in [6.07, 6.45) is 1.54. The van der Waals surface area contributed by atoms with E-state index in [4.69, 9.17) is 11.6 Å². The van der Waals surface area contributed by atoms with Gasteiger partial charge in [-0.05, 0) is 48.5 Å². The summed E-state index contributed by atoms with van der Waals surface area (Å²) in [6.45, 7) is 0. The number of benzene rings is 3. The highest BCUT2D eigenvalue weighted by molar-refractivity contribution is 7.21. The average Bonchev–Trinajstić information content (AvgIpc) is 3.07. The van der Waals surface area contributed by atoms with Gasteiger partial charge in [0.05, 0.1) is 21.5 Å². The smallest absolute Gasteiger partial charge is 0.128 e. The van der Waals surface area contributed by atoms with Crippen molar-refractivity contribution in [1.29, 1.82) is 0 Å². The Morgan fingerprint density at radius 3 is 2.62 bits per heavy atom. The molecule has 0 aliphatic heterocycles. The SMILES string of the molecule is Oc1ccc(Cl)cc1C=Nc1ccc(O)c(-c2nc3ccccc3s2)c1. The number of phenols is 2. The Labute approximate surface area is 158 Å². The van der Waals surface area contributed by atoms with E-state index in [1.807, 2.05) is 24.3 Å². The normalized spacial score (nSPS) is 11.4. The predicted molar refractivity (Wildman–Crippen MR) is 107 cm³/mol. The van der Waals surface area contributed by atoms with Crippen LogP contribution < -0.4 is 0 Å². The topological polar surface area (TPSA) is 65.7 Å². The molecule has 0 spiro atoms. The van der Waals surface area contributed by atoms with E-state index in [9.17, 15) is 10.2 Å². The van der Waals surface area contributed by atoms with Crippen molar-refractivity contribution in [2.75, 3.05) is 0 Å². The van der Waals surface area contributed by atoms with Gasteiger partial charge in [0.2, 0.25) is 0 Å². The number of phenolic OH excluding ortho intramolecular Hbond substituents is 2. The minimum absolute atomic E-state index is 0.100. The van der Waals surface area contributed by atoms with Crippen molar-refractivity contribution >= 4 is 45.1 Å². The van der Waals surface area contributed by atoms with Gasteiger partial charge in [-0.1, -0.05) is 23.7 Å². The number of hydrogen-bond donors (Lipinski definition) is 2. The first-order chi connectivity index (χ1) is 12.6. The summed E-state index contributed by atoms with van der Waals surface area (Å²) < 4.78 is 1.06. The molecule has 0 amide bonds. The van der Waals surface area contributed by atoms with Gasteiger partial charge in [-0.3, -0.25) is 4.99 Å². The summed E-state index contributed by atoms with van der Waals surface area (Å²) in [5, 5.41) is 21.4. The minimum Gasteiger partial charge on any atom is -0.507 e. The van der Waals surface area contributed by atoms with Gasteiger partial charge in [-0.25, -0.2) is 4.98 Å². The largest absolute Gasteiger partial charge is 0.507 e. The molecule has 3 aromatic carbocycles. The lowest BCUT2D eigenvalue weighted by molar-refractivity contribution is 0.474. The van der Waals surface area contributed by atoms with Crippen LogP contribution in [0.4, 0.5) is 5.69 Å². The van der Waals surface area contributed by atoms with Crippen molar-refractivity contribution in [3.8, 4) is 22.1 Å². The Bertz CT molecular complexity index is 1100. The summed E-state index contributed by atoms with van der Waals surface area (Å²) >= 11 is 7.46. The Hall–Kier alpha value is -2.89. The van der Waals surface area contributed by atoms with E-state index in [-0.39, 0.29) is 11.5 Å². The van der Waals surface area contributed by atoms with Crippen LogP contribution >= 0.6 is 22.9 Å². The van der Waals surface area contributed by atoms with Gasteiger partial charge in [0.25, 0.3) is 0 Å². The lowest BCUT2D eigenvalue weighted by atomic mass is 10.2. The maximum Gasteiger partial charge on any atom is 0.128 e. The Balaban J connectivity index is 1.72. The molecule has 128 valence electrons. The molecule has 6 heteroatoms. The molecule has 0 radical (unpaired) electrons. The summed E-state index contributed by atoms with van der Waals surface area (Å²) in [6, 6.07) is 17.7. The number of para-hydroxylation sites is 1. The van der Waals surface area contributed by atoms with Gasteiger partial charge >= 0.3 is 0 Å². The van der Waals surface area contributed by atoms with Crippen LogP contribution in [0.1, 0.15) is 5.56 Å². The van der Waals surface area contributed by atoms with Crippen LogP contribution in [0.2, 0.25) is 5.02 Å². The van der Waals surface area contributed by atoms with Crippen molar-refractivity contribution in [2.24, 2.45) is 4.99 Å². The molecular formula is C20H13ClN2O2S. The van der Waals surface area contributed by atoms with Crippen LogP contribution in [-0.2, 0) is 0 Å². The lowest BCUT2D eigenvalue weighted by Crippen LogP contribution is -1.83. The molecule has 1 heterocycles. The van der Waals surface area contributed by atoms with Crippen molar-refractivity contribution in [3.05, 3.63) is 71.2 Å². The number of hydrogen-bond acceptors (Lipinski definition) is 5. The van der Waals surface area contributed by atoms with Gasteiger partial charge < -0.3 is 10.2 Å². The fraction of sp³-hybridized carbons (Fsp3) is 0. The van der Waals surface area contributed by atoms with Crippen LogP contribution in [0.25, 0.3) is 20.8 Å². The molecule has 0 aliphatic rings. The molecule has 1 aromatic heterocycles. The molecular weight excluding hydrogens is 368 g/mol. The van der Waals surface area contributed by atoms with Gasteiger partial charge in [0.1, 0.15) is 16.5 Å². The van der Waals surface area contributed by atoms with Crippen LogP contribution in [-0.4, -0.2) is 21.4 Å². The molecule has 0 bridgehead atoms. The van der Waals surface area contributed by atoms with Crippen LogP contribution in [0.3, 0.4) is 0 Å². The molecule has 4 nitrogen and oxygen atoms in total. The zero-order chi connectivity index (χ0) is 18.1. The second-order valence-corrected chi connectivity index (χ2v) is 7.12. The molecule has 0 atom stereocenters. The zero-order valence-electron chi connectivity index (χ0n) is 13.4. The standard InChI is InChI=1S/C20H13ClN2O2S/c21-13-5-7-17(24)12(9-13)11-22-14-6-8-18(25)15(10-14)20-23-16-3-1-2-4-19(16)26-20/h1-11,24-25H. The molecule has 0 unspecified atom stereocenters. The number of aliphatic imine (C=N–C) groups is 1. The summed E-state index contributed by atoms with van der Waals surface area (Å²) in [7, 11) is 0. The maximum atomic E-state index is 10.2. The highest BCUT2D eigenvalue weighted by Crippen LogP contribution is 2.37. The highest BCUT2D eigenvalue weighted by atomic mass is 35.5. The summed E-state index contributed by atoms with van der Waals surface area (Å²) in [4.78, 5) is 8.96. The van der Waals surface area contributed by atoms with Gasteiger partial charge in [-0.15, -0.1) is 11.3 Å². The molecule has 0 saturated carbocycles. The van der Waals surface area contributed by atoms with Crippen molar-refractivity contribution in [2.45, 2.75) is 0 Å². The van der Waals surface area contributed by atoms with Crippen LogP contribution in [0.15, 0.2) is 65.7 Å². The molecule has 0 saturated heterocycles. The summed E-state index contributed by atoms with van der Waals surface area (Å²) in [5.74, 6) is 0.247. The van der Waals surface area contributed by atoms with Crippen molar-refractivity contribution < 1.29 is 10.2 Å². The van der Waals surface area contributed by atoms with E-state index >= 15 is 0 Å². The predicted octanol–water partition coefficient (Wildman–Crippen LogP) is 5.78. The minimum atomic E-state index is 0.100. The summed E-state index contributed by atoms with van der Waals surface area (Å²) in [5.41, 5.74) is 2.67. The van der Waals surface area contributed by atoms with Crippen molar-refractivity contribution in [1.82, 2.24) is 4.98 Å². The third kappa shape index (κ3) is 3.27. The number of thiazole rings is 1. The quantitative estimate of drug-likeness (QED) is 0.443. The fourth-order valence-corrected chi connectivity index (χ4v) is 3.71. The molecule has 4 aromatic rings. The number of fused-ring (bicyclic) bond motifs is 1. The first-order valence-electron chi connectivity index (χ1n) is 7.82. The highest BCUT2D eigenvalue weighted by Gasteiger charge is 2.11. The van der Waals surface area contributed by atoms with E-state index in [0.717, 1.165) is 15.2 Å². The second-order valence-electron chi connectivity index (χ2n) is 5.65. The number of halogens is 1. The Morgan fingerprint density at radius 1 is 0.962 bits per heavy atom. The van der Waals surface area contributed by atoms with Gasteiger partial charge in [0, 0.05) is 16.8 Å². The van der Waals surface area contributed by atoms with Gasteiger partial charge in [-0.2, -0.15) is 0 Å². The number of rotatable bonds is 3. The lowest BCUT2D eigenvalue weighted by Gasteiger charge is -2.03. The second kappa shape index (κ2) is 6.78. The molecule has 0 aliphatic carbocycles. The molecule has 26 heavy (non-hydrogen) atoms. The third-order valence-corrected chi connectivity index (χ3v) is 5.15.